The zero-order valence-electron chi connectivity index (χ0n) is 16.1. The van der Waals surface area contributed by atoms with Crippen molar-refractivity contribution in [3.8, 4) is 0 Å². The molecular formula is C21H24N4O4. The molecule has 8 heteroatoms. The van der Waals surface area contributed by atoms with Gasteiger partial charge in [-0.05, 0) is 55.5 Å². The topological polar surface area (TPSA) is 105 Å². The molecule has 2 amide bonds. The molecule has 0 radical (unpaired) electrons. The minimum atomic E-state index is -0.797. The Hall–Kier alpha value is -3.42. The summed E-state index contributed by atoms with van der Waals surface area (Å²) in [5.41, 5.74) is 2.69. The highest BCUT2D eigenvalue weighted by molar-refractivity contribution is 6.39. The van der Waals surface area contributed by atoms with Crippen LogP contribution in [-0.2, 0) is 16.0 Å². The van der Waals surface area contributed by atoms with Crippen molar-refractivity contribution in [2.24, 2.45) is 0 Å². The number of non-ortho nitro benzene ring substituents is 1. The normalized spacial score (nSPS) is 13.2. The van der Waals surface area contributed by atoms with Gasteiger partial charge in [-0.15, -0.1) is 0 Å². The van der Waals surface area contributed by atoms with E-state index in [2.05, 4.69) is 39.8 Å². The van der Waals surface area contributed by atoms with Crippen LogP contribution in [0.5, 0.6) is 0 Å². The van der Waals surface area contributed by atoms with Crippen LogP contribution in [0.4, 0.5) is 17.1 Å². The van der Waals surface area contributed by atoms with Crippen LogP contribution in [0.1, 0.15) is 24.8 Å². The number of nitrogens with zero attached hydrogens (tertiary/aromatic N) is 2. The highest BCUT2D eigenvalue weighted by Crippen LogP contribution is 2.20. The summed E-state index contributed by atoms with van der Waals surface area (Å²) in [6.45, 7) is 2.63. The Balaban J connectivity index is 1.37. The average Bonchev–Trinajstić information content (AvgIpc) is 3.26. The summed E-state index contributed by atoms with van der Waals surface area (Å²) in [6.07, 6.45) is 4.03. The third kappa shape index (κ3) is 5.78. The van der Waals surface area contributed by atoms with E-state index in [-0.39, 0.29) is 5.69 Å². The van der Waals surface area contributed by atoms with E-state index in [1.807, 2.05) is 0 Å². The first-order chi connectivity index (χ1) is 14.0. The van der Waals surface area contributed by atoms with Crippen LogP contribution >= 0.6 is 0 Å². The summed E-state index contributed by atoms with van der Waals surface area (Å²) >= 11 is 0. The smallest absolute Gasteiger partial charge is 0.313 e. The van der Waals surface area contributed by atoms with E-state index in [4.69, 9.17) is 0 Å². The molecule has 0 aromatic heterocycles. The predicted molar refractivity (Wildman–Crippen MR) is 111 cm³/mol. The number of nitrogens with one attached hydrogen (secondary N) is 2. The fraction of sp³-hybridized carbons (Fsp3) is 0.333. The van der Waals surface area contributed by atoms with E-state index in [1.165, 1.54) is 48.4 Å². The maximum absolute atomic E-state index is 11.9. The third-order valence-corrected chi connectivity index (χ3v) is 4.88. The van der Waals surface area contributed by atoms with Crippen molar-refractivity contribution < 1.29 is 14.5 Å². The van der Waals surface area contributed by atoms with E-state index in [9.17, 15) is 19.7 Å². The van der Waals surface area contributed by atoms with E-state index in [1.54, 1.807) is 0 Å². The molecule has 0 aliphatic carbocycles. The Morgan fingerprint density at radius 1 is 0.966 bits per heavy atom. The molecule has 29 heavy (non-hydrogen) atoms. The zero-order chi connectivity index (χ0) is 20.6. The predicted octanol–water partition coefficient (Wildman–Crippen LogP) is 2.88. The lowest BCUT2D eigenvalue weighted by Crippen LogP contribution is -2.36. The van der Waals surface area contributed by atoms with Crippen LogP contribution < -0.4 is 15.5 Å². The van der Waals surface area contributed by atoms with Gasteiger partial charge in [0.15, 0.2) is 0 Å². The summed E-state index contributed by atoms with van der Waals surface area (Å²) in [6, 6.07) is 13.8. The number of anilines is 2. The largest absolute Gasteiger partial charge is 0.372 e. The summed E-state index contributed by atoms with van der Waals surface area (Å²) in [4.78, 5) is 36.3. The molecule has 3 rings (SSSR count). The van der Waals surface area contributed by atoms with Crippen LogP contribution in [0.3, 0.4) is 0 Å². The fourth-order valence-electron chi connectivity index (χ4n) is 3.28. The van der Waals surface area contributed by atoms with Crippen LogP contribution in [0.2, 0.25) is 0 Å². The molecule has 0 unspecified atom stereocenters. The van der Waals surface area contributed by atoms with Gasteiger partial charge in [-0.2, -0.15) is 0 Å². The number of carbonyl (C=O) groups is 2. The van der Waals surface area contributed by atoms with E-state index >= 15 is 0 Å². The van der Waals surface area contributed by atoms with Gasteiger partial charge < -0.3 is 15.5 Å². The quantitative estimate of drug-likeness (QED) is 0.324. The number of nitro benzene ring substituents is 1. The molecule has 1 fully saturated rings. The molecule has 2 aromatic carbocycles. The molecule has 0 atom stereocenters. The molecular weight excluding hydrogens is 372 g/mol. The van der Waals surface area contributed by atoms with Gasteiger partial charge in [-0.1, -0.05) is 12.1 Å². The number of hydrogen-bond donors (Lipinski definition) is 2. The Morgan fingerprint density at radius 2 is 1.62 bits per heavy atom. The Kier molecular flexibility index (Phi) is 6.78. The monoisotopic (exact) mass is 396 g/mol. The molecule has 0 saturated carbocycles. The molecule has 1 aliphatic rings. The number of aryl methyl sites for hydroxylation is 1. The van der Waals surface area contributed by atoms with Crippen LogP contribution in [0.15, 0.2) is 48.5 Å². The minimum Gasteiger partial charge on any atom is -0.372 e. The van der Waals surface area contributed by atoms with Crippen molar-refractivity contribution in [1.29, 1.82) is 0 Å². The van der Waals surface area contributed by atoms with Crippen LogP contribution in [0.25, 0.3) is 0 Å². The molecule has 152 valence electrons. The molecule has 2 N–H and O–H groups in total. The second-order valence-corrected chi connectivity index (χ2v) is 6.98. The van der Waals surface area contributed by atoms with Crippen molar-refractivity contribution in [2.75, 3.05) is 29.9 Å². The Morgan fingerprint density at radius 3 is 2.24 bits per heavy atom. The van der Waals surface area contributed by atoms with Gasteiger partial charge in [0.05, 0.1) is 4.92 Å². The SMILES string of the molecule is O=C(NCCCc1ccc(N2CCCC2)cc1)C(=O)Nc1ccc([N+](=O)[O-])cc1. The highest BCUT2D eigenvalue weighted by atomic mass is 16.6. The average molecular weight is 396 g/mol. The molecule has 0 bridgehead atoms. The second kappa shape index (κ2) is 9.68. The maximum Gasteiger partial charge on any atom is 0.313 e. The van der Waals surface area contributed by atoms with E-state index in [0.29, 0.717) is 12.2 Å². The number of amides is 2. The summed E-state index contributed by atoms with van der Waals surface area (Å²) < 4.78 is 0. The summed E-state index contributed by atoms with van der Waals surface area (Å²) in [7, 11) is 0. The highest BCUT2D eigenvalue weighted by Gasteiger charge is 2.14. The van der Waals surface area contributed by atoms with Crippen molar-refractivity contribution >= 4 is 28.9 Å². The lowest BCUT2D eigenvalue weighted by Gasteiger charge is -2.17. The number of hydrogen-bond acceptors (Lipinski definition) is 5. The number of carbonyl (C=O) groups excluding carboxylic acids is 2. The van der Waals surface area contributed by atoms with Gasteiger partial charge in [-0.3, -0.25) is 19.7 Å². The first-order valence-electron chi connectivity index (χ1n) is 9.70. The van der Waals surface area contributed by atoms with Crippen molar-refractivity contribution in [3.63, 3.8) is 0 Å². The third-order valence-electron chi connectivity index (χ3n) is 4.88. The molecule has 1 aliphatic heterocycles. The fourth-order valence-corrected chi connectivity index (χ4v) is 3.28. The molecule has 0 spiro atoms. The molecule has 2 aromatic rings. The first-order valence-corrected chi connectivity index (χ1v) is 9.70. The summed E-state index contributed by atoms with van der Waals surface area (Å²) in [5, 5.41) is 15.6. The minimum absolute atomic E-state index is 0.0825. The molecule has 1 saturated heterocycles. The first kappa shape index (κ1) is 20.3. The van der Waals surface area contributed by atoms with E-state index in [0.717, 1.165) is 25.9 Å². The summed E-state index contributed by atoms with van der Waals surface area (Å²) in [5.74, 6) is -1.53. The maximum atomic E-state index is 11.9. The van der Waals surface area contributed by atoms with E-state index < -0.39 is 16.7 Å². The van der Waals surface area contributed by atoms with Crippen molar-refractivity contribution in [3.05, 3.63) is 64.2 Å². The molecule has 1 heterocycles. The van der Waals surface area contributed by atoms with Crippen molar-refractivity contribution in [2.45, 2.75) is 25.7 Å². The number of rotatable bonds is 7. The zero-order valence-corrected chi connectivity index (χ0v) is 16.1. The molecule has 8 nitrogen and oxygen atoms in total. The lowest BCUT2D eigenvalue weighted by molar-refractivity contribution is -0.384. The second-order valence-electron chi connectivity index (χ2n) is 6.98. The Bertz CT molecular complexity index is 859. The van der Waals surface area contributed by atoms with Gasteiger partial charge >= 0.3 is 11.8 Å². The van der Waals surface area contributed by atoms with Crippen LogP contribution in [-0.4, -0.2) is 36.4 Å². The van der Waals surface area contributed by atoms with Crippen LogP contribution in [0, 0.1) is 10.1 Å². The van der Waals surface area contributed by atoms with Gasteiger partial charge in [-0.25, -0.2) is 0 Å². The standard InChI is InChI=1S/C21H24N4O4/c26-20(21(27)23-17-7-11-19(12-8-17)25(28)29)22-13-3-4-16-5-9-18(10-6-16)24-14-1-2-15-24/h5-12H,1-4,13-15H2,(H,22,26)(H,23,27). The van der Waals surface area contributed by atoms with Gasteiger partial charge in [0, 0.05) is 43.1 Å². The van der Waals surface area contributed by atoms with Gasteiger partial charge in [0.2, 0.25) is 0 Å². The number of benzene rings is 2. The lowest BCUT2D eigenvalue weighted by atomic mass is 10.1. The van der Waals surface area contributed by atoms with Gasteiger partial charge in [0.1, 0.15) is 0 Å². The van der Waals surface area contributed by atoms with Crippen molar-refractivity contribution in [1.82, 2.24) is 5.32 Å². The Labute approximate surface area is 169 Å². The van der Waals surface area contributed by atoms with Gasteiger partial charge in [0.25, 0.3) is 5.69 Å². The number of nitro groups is 1.